The number of aliphatic imine (C=N–C) groups is 1. The van der Waals surface area contributed by atoms with E-state index in [0.29, 0.717) is 11.9 Å². The molecule has 0 saturated carbocycles. The summed E-state index contributed by atoms with van der Waals surface area (Å²) in [5.41, 5.74) is 10.1. The Morgan fingerprint density at radius 2 is 1.96 bits per heavy atom. The SMILES string of the molecule is CC(CN=C(N)Nc1ccc2c(c1)CCC2)CN1CCCCC1. The predicted octanol–water partition coefficient (Wildman–Crippen LogP) is 3.02. The van der Waals surface area contributed by atoms with Crippen molar-refractivity contribution in [1.29, 1.82) is 0 Å². The third kappa shape index (κ3) is 4.71. The zero-order valence-electron chi connectivity index (χ0n) is 14.4. The number of piperidine rings is 1. The summed E-state index contributed by atoms with van der Waals surface area (Å²) in [6.45, 7) is 6.69. The van der Waals surface area contributed by atoms with Gasteiger partial charge in [-0.25, -0.2) is 0 Å². The molecule has 0 aromatic heterocycles. The van der Waals surface area contributed by atoms with E-state index in [4.69, 9.17) is 5.73 Å². The molecule has 0 amide bonds. The summed E-state index contributed by atoms with van der Waals surface area (Å²) >= 11 is 0. The number of fused-ring (bicyclic) bond motifs is 1. The van der Waals surface area contributed by atoms with Gasteiger partial charge in [-0.2, -0.15) is 0 Å². The van der Waals surface area contributed by atoms with E-state index in [9.17, 15) is 0 Å². The normalized spacial score (nSPS) is 20.3. The number of hydrogen-bond acceptors (Lipinski definition) is 2. The average molecular weight is 314 g/mol. The molecule has 1 aromatic carbocycles. The lowest BCUT2D eigenvalue weighted by Crippen LogP contribution is -2.34. The molecule has 1 aromatic rings. The second-order valence-electron chi connectivity index (χ2n) is 7.15. The quantitative estimate of drug-likeness (QED) is 0.649. The highest BCUT2D eigenvalue weighted by Crippen LogP contribution is 2.24. The van der Waals surface area contributed by atoms with Crippen molar-refractivity contribution in [3.05, 3.63) is 29.3 Å². The summed E-state index contributed by atoms with van der Waals surface area (Å²) in [6, 6.07) is 6.56. The first kappa shape index (κ1) is 16.3. The van der Waals surface area contributed by atoms with Gasteiger partial charge in [-0.05, 0) is 74.4 Å². The minimum absolute atomic E-state index is 0.536. The van der Waals surface area contributed by atoms with Crippen LogP contribution >= 0.6 is 0 Å². The lowest BCUT2D eigenvalue weighted by molar-refractivity contribution is 0.203. The third-order valence-corrected chi connectivity index (χ3v) is 4.96. The number of nitrogens with two attached hydrogens (primary N) is 1. The number of anilines is 1. The molecular formula is C19H30N4. The smallest absolute Gasteiger partial charge is 0.193 e. The second kappa shape index (κ2) is 7.82. The van der Waals surface area contributed by atoms with Gasteiger partial charge >= 0.3 is 0 Å². The molecule has 1 saturated heterocycles. The Bertz CT molecular complexity index is 546. The van der Waals surface area contributed by atoms with Crippen molar-refractivity contribution in [3.8, 4) is 0 Å². The van der Waals surface area contributed by atoms with Crippen LogP contribution in [0.3, 0.4) is 0 Å². The Balaban J connectivity index is 1.47. The Morgan fingerprint density at radius 1 is 1.17 bits per heavy atom. The number of aryl methyl sites for hydroxylation is 2. The number of benzene rings is 1. The summed E-state index contributed by atoms with van der Waals surface area (Å²) < 4.78 is 0. The summed E-state index contributed by atoms with van der Waals surface area (Å²) in [5, 5.41) is 3.24. The zero-order chi connectivity index (χ0) is 16.1. The van der Waals surface area contributed by atoms with Gasteiger partial charge in [-0.3, -0.25) is 4.99 Å². The first-order valence-corrected chi connectivity index (χ1v) is 9.12. The molecule has 0 radical (unpaired) electrons. The molecule has 1 unspecified atom stereocenters. The predicted molar refractivity (Wildman–Crippen MR) is 98.0 cm³/mol. The van der Waals surface area contributed by atoms with Gasteiger partial charge in [0.2, 0.25) is 0 Å². The van der Waals surface area contributed by atoms with Crippen LogP contribution < -0.4 is 11.1 Å². The van der Waals surface area contributed by atoms with Crippen LogP contribution in [0, 0.1) is 5.92 Å². The number of likely N-dealkylation sites (tertiary alicyclic amines) is 1. The van der Waals surface area contributed by atoms with Crippen molar-refractivity contribution < 1.29 is 0 Å². The van der Waals surface area contributed by atoms with Gasteiger partial charge in [0.15, 0.2) is 5.96 Å². The van der Waals surface area contributed by atoms with Crippen LogP contribution in [0.5, 0.6) is 0 Å². The highest BCUT2D eigenvalue weighted by atomic mass is 15.1. The molecule has 23 heavy (non-hydrogen) atoms. The van der Waals surface area contributed by atoms with E-state index >= 15 is 0 Å². The summed E-state index contributed by atoms with van der Waals surface area (Å²) in [5.74, 6) is 1.09. The van der Waals surface area contributed by atoms with Crippen molar-refractivity contribution in [1.82, 2.24) is 4.90 Å². The maximum atomic E-state index is 6.06. The molecule has 4 nitrogen and oxygen atoms in total. The van der Waals surface area contributed by atoms with Crippen molar-refractivity contribution in [3.63, 3.8) is 0 Å². The van der Waals surface area contributed by atoms with Crippen molar-refractivity contribution in [2.75, 3.05) is 31.5 Å². The molecular weight excluding hydrogens is 284 g/mol. The average Bonchev–Trinajstić information content (AvgIpc) is 3.01. The minimum atomic E-state index is 0.536. The Labute approximate surface area is 140 Å². The number of guanidine groups is 1. The number of hydrogen-bond donors (Lipinski definition) is 2. The van der Waals surface area contributed by atoms with E-state index < -0.39 is 0 Å². The fourth-order valence-electron chi connectivity index (χ4n) is 3.73. The van der Waals surface area contributed by atoms with Crippen LogP contribution in [0.25, 0.3) is 0 Å². The van der Waals surface area contributed by atoms with E-state index in [0.717, 1.165) is 18.8 Å². The molecule has 4 heteroatoms. The first-order chi connectivity index (χ1) is 11.2. The van der Waals surface area contributed by atoms with Crippen LogP contribution in [-0.2, 0) is 12.8 Å². The monoisotopic (exact) mass is 314 g/mol. The van der Waals surface area contributed by atoms with E-state index in [-0.39, 0.29) is 0 Å². The molecule has 0 bridgehead atoms. The highest BCUT2D eigenvalue weighted by molar-refractivity contribution is 5.92. The largest absolute Gasteiger partial charge is 0.370 e. The highest BCUT2D eigenvalue weighted by Gasteiger charge is 2.13. The molecule has 1 fully saturated rings. The maximum absolute atomic E-state index is 6.06. The first-order valence-electron chi connectivity index (χ1n) is 9.12. The minimum Gasteiger partial charge on any atom is -0.370 e. The van der Waals surface area contributed by atoms with Crippen LogP contribution in [-0.4, -0.2) is 37.0 Å². The fraction of sp³-hybridized carbons (Fsp3) is 0.632. The number of nitrogens with one attached hydrogen (secondary N) is 1. The van der Waals surface area contributed by atoms with Gasteiger partial charge in [-0.1, -0.05) is 19.4 Å². The summed E-state index contributed by atoms with van der Waals surface area (Å²) in [7, 11) is 0. The van der Waals surface area contributed by atoms with Gasteiger partial charge in [0, 0.05) is 18.8 Å². The molecule has 2 aliphatic rings. The lowest BCUT2D eigenvalue weighted by atomic mass is 10.1. The molecule has 126 valence electrons. The van der Waals surface area contributed by atoms with E-state index in [1.807, 2.05) is 0 Å². The zero-order valence-corrected chi connectivity index (χ0v) is 14.4. The van der Waals surface area contributed by atoms with Gasteiger partial charge in [0.05, 0.1) is 0 Å². The van der Waals surface area contributed by atoms with Crippen molar-refractivity contribution >= 4 is 11.6 Å². The van der Waals surface area contributed by atoms with E-state index in [1.165, 1.54) is 62.7 Å². The lowest BCUT2D eigenvalue weighted by Gasteiger charge is -2.28. The molecule has 1 aliphatic carbocycles. The Kier molecular flexibility index (Phi) is 5.55. The van der Waals surface area contributed by atoms with Crippen molar-refractivity contribution in [2.24, 2.45) is 16.6 Å². The molecule has 0 spiro atoms. The van der Waals surface area contributed by atoms with Gasteiger partial charge in [0.25, 0.3) is 0 Å². The van der Waals surface area contributed by atoms with Crippen LogP contribution in [0.1, 0.15) is 43.7 Å². The fourth-order valence-corrected chi connectivity index (χ4v) is 3.73. The Morgan fingerprint density at radius 3 is 2.78 bits per heavy atom. The van der Waals surface area contributed by atoms with E-state index in [2.05, 4.69) is 40.3 Å². The molecule has 3 rings (SSSR count). The van der Waals surface area contributed by atoms with E-state index in [1.54, 1.807) is 0 Å². The summed E-state index contributed by atoms with van der Waals surface area (Å²) in [6.07, 6.45) is 7.76. The van der Waals surface area contributed by atoms with Gasteiger partial charge < -0.3 is 16.0 Å². The number of rotatable bonds is 5. The molecule has 1 heterocycles. The topological polar surface area (TPSA) is 53.6 Å². The second-order valence-corrected chi connectivity index (χ2v) is 7.15. The Hall–Kier alpha value is -1.55. The molecule has 1 aliphatic heterocycles. The van der Waals surface area contributed by atoms with Crippen LogP contribution in [0.2, 0.25) is 0 Å². The van der Waals surface area contributed by atoms with Gasteiger partial charge in [0.1, 0.15) is 0 Å². The number of nitrogens with zero attached hydrogens (tertiary/aromatic N) is 2. The van der Waals surface area contributed by atoms with Gasteiger partial charge in [-0.15, -0.1) is 0 Å². The van der Waals surface area contributed by atoms with Crippen LogP contribution in [0.15, 0.2) is 23.2 Å². The molecule has 1 atom stereocenters. The van der Waals surface area contributed by atoms with Crippen molar-refractivity contribution in [2.45, 2.75) is 45.4 Å². The standard InChI is InChI=1S/C19H30N4/c1-15(14-23-10-3-2-4-11-23)13-21-19(20)22-18-9-8-16-6-5-7-17(16)12-18/h8-9,12,15H,2-7,10-11,13-14H2,1H3,(H3,20,21,22). The molecule has 3 N–H and O–H groups in total. The van der Waals surface area contributed by atoms with Crippen LogP contribution in [0.4, 0.5) is 5.69 Å². The summed E-state index contributed by atoms with van der Waals surface area (Å²) in [4.78, 5) is 7.10. The maximum Gasteiger partial charge on any atom is 0.193 e. The third-order valence-electron chi connectivity index (χ3n) is 4.96.